The molecule has 1 N–H and O–H groups in total. The fraction of sp³-hybridized carbons (Fsp3) is 0. The number of hydrogen-bond donors (Lipinski definition) is 1. The Kier molecular flexibility index (Phi) is 3.43. The molecular formula is C11H7BrFN3O. The summed E-state index contributed by atoms with van der Waals surface area (Å²) in [7, 11) is 0. The maximum atomic E-state index is 13.0. The average Bonchev–Trinajstić information content (AvgIpc) is 2.35. The number of carbonyl (C=O) groups is 1. The van der Waals surface area contributed by atoms with Gasteiger partial charge in [-0.15, -0.1) is 0 Å². The molecule has 1 aromatic carbocycles. The van der Waals surface area contributed by atoms with Crippen molar-refractivity contribution in [1.29, 1.82) is 0 Å². The third kappa shape index (κ3) is 2.85. The van der Waals surface area contributed by atoms with E-state index in [1.165, 1.54) is 36.9 Å². The van der Waals surface area contributed by atoms with Crippen molar-refractivity contribution in [1.82, 2.24) is 9.97 Å². The number of benzene rings is 1. The molecule has 0 saturated carbocycles. The van der Waals surface area contributed by atoms with Crippen LogP contribution >= 0.6 is 15.9 Å². The van der Waals surface area contributed by atoms with Gasteiger partial charge in [0.25, 0.3) is 5.91 Å². The van der Waals surface area contributed by atoms with Crippen molar-refractivity contribution in [3.8, 4) is 0 Å². The van der Waals surface area contributed by atoms with Crippen molar-refractivity contribution < 1.29 is 9.18 Å². The highest BCUT2D eigenvalue weighted by atomic mass is 79.9. The minimum atomic E-state index is -0.383. The predicted octanol–water partition coefficient (Wildman–Crippen LogP) is 2.63. The zero-order valence-electron chi connectivity index (χ0n) is 8.52. The van der Waals surface area contributed by atoms with E-state index in [1.54, 1.807) is 0 Å². The van der Waals surface area contributed by atoms with Crippen molar-refractivity contribution in [2.45, 2.75) is 0 Å². The Bertz CT molecular complexity index is 548. The van der Waals surface area contributed by atoms with E-state index in [0.29, 0.717) is 15.7 Å². The summed E-state index contributed by atoms with van der Waals surface area (Å²) in [6.45, 7) is 0. The first-order chi connectivity index (χ1) is 8.16. The topological polar surface area (TPSA) is 54.9 Å². The lowest BCUT2D eigenvalue weighted by Crippen LogP contribution is -2.12. The van der Waals surface area contributed by atoms with Crippen LogP contribution in [0.1, 0.15) is 10.4 Å². The van der Waals surface area contributed by atoms with Crippen LogP contribution in [0.2, 0.25) is 0 Å². The van der Waals surface area contributed by atoms with Crippen LogP contribution in [-0.2, 0) is 0 Å². The predicted molar refractivity (Wildman–Crippen MR) is 64.1 cm³/mol. The van der Waals surface area contributed by atoms with Crippen LogP contribution in [0.4, 0.5) is 10.1 Å². The van der Waals surface area contributed by atoms with Crippen LogP contribution in [0.5, 0.6) is 0 Å². The molecular weight excluding hydrogens is 289 g/mol. The Hall–Kier alpha value is -1.82. The fourth-order valence-corrected chi connectivity index (χ4v) is 1.57. The lowest BCUT2D eigenvalue weighted by molar-refractivity contribution is 0.102. The largest absolute Gasteiger partial charge is 0.322 e. The molecule has 0 aliphatic heterocycles. The van der Waals surface area contributed by atoms with Gasteiger partial charge >= 0.3 is 0 Å². The number of aromatic nitrogens is 2. The molecule has 0 radical (unpaired) electrons. The molecule has 1 aromatic heterocycles. The molecule has 4 nitrogen and oxygen atoms in total. The number of amides is 1. The number of nitrogens with zero attached hydrogens (tertiary/aromatic N) is 2. The quantitative estimate of drug-likeness (QED) is 0.927. The molecule has 0 saturated heterocycles. The summed E-state index contributed by atoms with van der Waals surface area (Å²) in [5.41, 5.74) is 0.833. The highest BCUT2D eigenvalue weighted by molar-refractivity contribution is 9.10. The highest BCUT2D eigenvalue weighted by Crippen LogP contribution is 2.20. The van der Waals surface area contributed by atoms with Crippen LogP contribution in [-0.4, -0.2) is 15.9 Å². The van der Waals surface area contributed by atoms with Crippen LogP contribution in [0, 0.1) is 5.82 Å². The van der Waals surface area contributed by atoms with Crippen LogP contribution in [0.25, 0.3) is 0 Å². The van der Waals surface area contributed by atoms with Gasteiger partial charge in [0, 0.05) is 18.1 Å². The molecule has 0 unspecified atom stereocenters. The van der Waals surface area contributed by atoms with E-state index in [1.807, 2.05) is 0 Å². The van der Waals surface area contributed by atoms with Gasteiger partial charge in [-0.1, -0.05) is 0 Å². The van der Waals surface area contributed by atoms with Crippen LogP contribution < -0.4 is 5.32 Å². The smallest absolute Gasteiger partial charge is 0.258 e. The van der Waals surface area contributed by atoms with E-state index in [2.05, 4.69) is 31.2 Å². The highest BCUT2D eigenvalue weighted by Gasteiger charge is 2.07. The van der Waals surface area contributed by atoms with Gasteiger partial charge in [0.1, 0.15) is 12.1 Å². The zero-order valence-corrected chi connectivity index (χ0v) is 10.1. The fourth-order valence-electron chi connectivity index (χ4n) is 1.19. The van der Waals surface area contributed by atoms with E-state index in [-0.39, 0.29) is 11.7 Å². The molecule has 17 heavy (non-hydrogen) atoms. The van der Waals surface area contributed by atoms with Crippen molar-refractivity contribution in [2.75, 3.05) is 5.32 Å². The number of anilines is 1. The first-order valence-corrected chi connectivity index (χ1v) is 5.47. The van der Waals surface area contributed by atoms with Gasteiger partial charge in [-0.05, 0) is 34.1 Å². The van der Waals surface area contributed by atoms with Crippen LogP contribution in [0.15, 0.2) is 41.4 Å². The second kappa shape index (κ2) is 5.01. The average molecular weight is 296 g/mol. The van der Waals surface area contributed by atoms with Crippen molar-refractivity contribution >= 4 is 27.5 Å². The van der Waals surface area contributed by atoms with E-state index < -0.39 is 0 Å². The maximum absolute atomic E-state index is 13.0. The number of halogens is 2. The standard InChI is InChI=1S/C11H7BrFN3O/c12-9-3-8(1-2-10(9)13)16-11(17)7-4-14-6-15-5-7/h1-6H,(H,16,17). The number of hydrogen-bond acceptors (Lipinski definition) is 3. The summed E-state index contributed by atoms with van der Waals surface area (Å²) in [5.74, 6) is -0.727. The third-order valence-corrected chi connectivity index (χ3v) is 2.61. The Balaban J connectivity index is 2.16. The minimum absolute atomic E-state index is 0.291. The molecule has 0 atom stereocenters. The van der Waals surface area contributed by atoms with Gasteiger partial charge in [-0.25, -0.2) is 14.4 Å². The second-order valence-electron chi connectivity index (χ2n) is 3.21. The van der Waals surface area contributed by atoms with Gasteiger partial charge < -0.3 is 5.32 Å². The number of rotatable bonds is 2. The Morgan fingerprint density at radius 3 is 2.65 bits per heavy atom. The molecule has 2 rings (SSSR count). The zero-order chi connectivity index (χ0) is 12.3. The molecule has 1 heterocycles. The first kappa shape index (κ1) is 11.7. The Morgan fingerprint density at radius 2 is 2.00 bits per heavy atom. The van der Waals surface area contributed by atoms with E-state index in [4.69, 9.17) is 0 Å². The number of carbonyl (C=O) groups excluding carboxylic acids is 1. The molecule has 0 aliphatic carbocycles. The lowest BCUT2D eigenvalue weighted by atomic mass is 10.2. The molecule has 86 valence electrons. The summed E-state index contributed by atoms with van der Waals surface area (Å²) >= 11 is 3.04. The van der Waals surface area contributed by atoms with Crippen LogP contribution in [0.3, 0.4) is 0 Å². The summed E-state index contributed by atoms with van der Waals surface area (Å²) in [4.78, 5) is 19.2. The van der Waals surface area contributed by atoms with Crippen molar-refractivity contribution in [3.05, 3.63) is 52.8 Å². The Labute approximate surface area is 105 Å². The van der Waals surface area contributed by atoms with Gasteiger partial charge in [0.2, 0.25) is 0 Å². The normalized spacial score (nSPS) is 10.0. The minimum Gasteiger partial charge on any atom is -0.322 e. The van der Waals surface area contributed by atoms with Gasteiger partial charge in [0.15, 0.2) is 0 Å². The van der Waals surface area contributed by atoms with E-state index >= 15 is 0 Å². The second-order valence-corrected chi connectivity index (χ2v) is 4.06. The van der Waals surface area contributed by atoms with E-state index in [9.17, 15) is 9.18 Å². The first-order valence-electron chi connectivity index (χ1n) is 4.68. The lowest BCUT2D eigenvalue weighted by Gasteiger charge is -2.05. The molecule has 1 amide bonds. The summed E-state index contributed by atoms with van der Waals surface area (Å²) < 4.78 is 13.3. The molecule has 2 aromatic rings. The maximum Gasteiger partial charge on any atom is 0.258 e. The summed E-state index contributed by atoms with van der Waals surface area (Å²) in [6.07, 6.45) is 4.15. The summed E-state index contributed by atoms with van der Waals surface area (Å²) in [5, 5.41) is 2.61. The molecule has 0 fully saturated rings. The monoisotopic (exact) mass is 295 g/mol. The van der Waals surface area contributed by atoms with Gasteiger partial charge in [-0.3, -0.25) is 4.79 Å². The molecule has 6 heteroatoms. The summed E-state index contributed by atoms with van der Waals surface area (Å²) in [6, 6.07) is 4.22. The molecule has 0 bridgehead atoms. The molecule has 0 aliphatic rings. The SMILES string of the molecule is O=C(Nc1ccc(F)c(Br)c1)c1cncnc1. The van der Waals surface area contributed by atoms with Crippen molar-refractivity contribution in [3.63, 3.8) is 0 Å². The van der Waals surface area contributed by atoms with E-state index in [0.717, 1.165) is 0 Å². The third-order valence-electron chi connectivity index (χ3n) is 2.00. The molecule has 0 spiro atoms. The Morgan fingerprint density at radius 1 is 1.29 bits per heavy atom. The van der Waals surface area contributed by atoms with Gasteiger partial charge in [0.05, 0.1) is 10.0 Å². The van der Waals surface area contributed by atoms with Gasteiger partial charge in [-0.2, -0.15) is 0 Å². The van der Waals surface area contributed by atoms with Crippen molar-refractivity contribution in [2.24, 2.45) is 0 Å². The number of nitrogens with one attached hydrogen (secondary N) is 1.